The number of nitrogens with zero attached hydrogens (tertiary/aromatic N) is 6. The van der Waals surface area contributed by atoms with E-state index in [1.807, 2.05) is 38.1 Å². The van der Waals surface area contributed by atoms with Crippen molar-refractivity contribution in [1.29, 1.82) is 0 Å². The van der Waals surface area contributed by atoms with Crippen molar-refractivity contribution in [1.82, 2.24) is 29.7 Å². The molecule has 10 rings (SSSR count). The molecule has 1 fully saturated rings. The van der Waals surface area contributed by atoms with Crippen molar-refractivity contribution < 1.29 is 52.2 Å². The summed E-state index contributed by atoms with van der Waals surface area (Å²) in [7, 11) is 5.26. The molecule has 3 aromatic heterocycles. The highest BCUT2D eigenvalue weighted by molar-refractivity contribution is 7.22. The molecule has 0 spiro atoms. The number of carboxylic acid groups (broad SMARTS) is 1. The van der Waals surface area contributed by atoms with Gasteiger partial charge in [-0.3, -0.25) is 4.90 Å². The van der Waals surface area contributed by atoms with Crippen LogP contribution in [-0.2, 0) is 32.0 Å². The Labute approximate surface area is 436 Å². The Hall–Kier alpha value is -6.12. The predicted octanol–water partition coefficient (Wildman–Crippen LogP) is 9.12. The SMILES string of the molecule is COCCOCCOc1cc(COc2ccc3cc2C[C@H](C(=O)O)Oc2ncnc4sc(-c5ccc(F)cc5)c(c24)C2=C(C)C(Cl)=C(O[C@H](CN4CCN(C)CC4)O3)C(Cl)C2C)nc(-c2ccccc2OC)n1. The van der Waals surface area contributed by atoms with E-state index in [1.54, 1.807) is 50.6 Å². The zero-order valence-electron chi connectivity index (χ0n) is 40.9. The van der Waals surface area contributed by atoms with Crippen LogP contribution in [0.2, 0.25) is 0 Å². The lowest BCUT2D eigenvalue weighted by molar-refractivity contribution is -0.145. The number of methoxy groups -OCH3 is 2. The van der Waals surface area contributed by atoms with Crippen LogP contribution in [0, 0.1) is 11.7 Å². The summed E-state index contributed by atoms with van der Waals surface area (Å²) in [6.07, 6.45) is -1.30. The summed E-state index contributed by atoms with van der Waals surface area (Å²) < 4.78 is 63.6. The third-order valence-corrected chi connectivity index (χ3v) is 15.0. The first-order chi connectivity index (χ1) is 35.4. The number of aromatic nitrogens is 4. The van der Waals surface area contributed by atoms with Crippen molar-refractivity contribution in [2.45, 2.75) is 44.6 Å². The van der Waals surface area contributed by atoms with Crippen LogP contribution in [0.5, 0.6) is 29.0 Å². The van der Waals surface area contributed by atoms with Gasteiger partial charge in [-0.05, 0) is 73.1 Å². The van der Waals surface area contributed by atoms with Crippen molar-refractivity contribution in [2.24, 2.45) is 5.92 Å². The van der Waals surface area contributed by atoms with Crippen LogP contribution in [0.4, 0.5) is 4.39 Å². The van der Waals surface area contributed by atoms with Gasteiger partial charge in [0, 0.05) is 67.7 Å². The normalized spacial score (nSPS) is 19.6. The number of alkyl halides is 1. The second kappa shape index (κ2) is 23.4. The Morgan fingerprint density at radius 3 is 2.47 bits per heavy atom. The first-order valence-electron chi connectivity index (χ1n) is 23.8. The molecule has 6 aromatic rings. The second-order valence-electron chi connectivity index (χ2n) is 17.7. The quantitative estimate of drug-likeness (QED) is 0.0719. The number of hydrogen-bond donors (Lipinski definition) is 1. The van der Waals surface area contributed by atoms with E-state index in [4.69, 9.17) is 71.1 Å². The summed E-state index contributed by atoms with van der Waals surface area (Å²) in [5.41, 5.74) is 4.28. The van der Waals surface area contributed by atoms with Gasteiger partial charge in [0.05, 0.1) is 60.5 Å². The Balaban J connectivity index is 1.14. The van der Waals surface area contributed by atoms with Crippen LogP contribution in [0.25, 0.3) is 37.6 Å². The predicted molar refractivity (Wildman–Crippen MR) is 275 cm³/mol. The Kier molecular flexibility index (Phi) is 16.6. The molecule has 1 N–H and O–H groups in total. The average molecular weight is 1060 g/mol. The summed E-state index contributed by atoms with van der Waals surface area (Å²) in [5.74, 6) is 0.157. The standard InChI is InChI=1S/C53H55Cl2FN6O10S/c1-30-43-31(2)47(55)48(46(30)54)72-42(27-62-18-16-61(3)17-19-62)70-36-14-15-38(69-28-35-26-41(68-23-22-67-21-20-65-4)60-50(59-35)37-8-6-7-9-39(37)66-5)33(24-36)25-40(53(63)64)71-51-45-44(43)49(73-52(45)58-29-57-51)32-10-12-34(56)13-11-32/h6-15,24,26,29-30,40,42,46H,16-23,25,27-28H2,1-5H3,(H,63,64)/t30?,40-,42-,46?/m1/s1. The highest BCUT2D eigenvalue weighted by Crippen LogP contribution is 2.52. The van der Waals surface area contributed by atoms with E-state index in [2.05, 4.69) is 26.8 Å². The van der Waals surface area contributed by atoms with Gasteiger partial charge in [-0.15, -0.1) is 22.9 Å². The third-order valence-electron chi connectivity index (χ3n) is 12.8. The lowest BCUT2D eigenvalue weighted by atomic mass is 9.81. The number of benzene rings is 3. The maximum Gasteiger partial charge on any atom is 0.345 e. The minimum atomic E-state index is -1.51. The molecule has 16 nitrogen and oxygen atoms in total. The number of piperazine rings is 1. The van der Waals surface area contributed by atoms with E-state index in [0.717, 1.165) is 36.6 Å². The first kappa shape index (κ1) is 51.8. The molecule has 4 aliphatic rings. The molecule has 3 aliphatic heterocycles. The van der Waals surface area contributed by atoms with Crippen molar-refractivity contribution in [3.05, 3.63) is 118 Å². The summed E-state index contributed by atoms with van der Waals surface area (Å²) >= 11 is 16.2. The number of likely N-dealkylation sites (N-methyl/N-ethyl adjacent to an activating group) is 1. The van der Waals surface area contributed by atoms with E-state index in [0.29, 0.717) is 104 Å². The molecule has 0 saturated carbocycles. The number of ether oxygens (including phenoxy) is 8. The molecule has 73 heavy (non-hydrogen) atoms. The topological polar surface area (TPSA) is 169 Å². The summed E-state index contributed by atoms with van der Waals surface area (Å²) in [6, 6.07) is 20.3. The van der Waals surface area contributed by atoms with E-state index in [9.17, 15) is 14.3 Å². The molecule has 20 heteroatoms. The fraction of sp³-hybridized carbons (Fsp3) is 0.377. The van der Waals surface area contributed by atoms with Gasteiger partial charge in [0.15, 0.2) is 5.82 Å². The van der Waals surface area contributed by atoms with Gasteiger partial charge in [0.1, 0.15) is 53.2 Å². The smallest absolute Gasteiger partial charge is 0.345 e. The lowest BCUT2D eigenvalue weighted by Crippen LogP contribution is -2.48. The Morgan fingerprint density at radius 1 is 0.918 bits per heavy atom. The number of rotatable bonds is 16. The fourth-order valence-electron chi connectivity index (χ4n) is 8.98. The van der Waals surface area contributed by atoms with E-state index >= 15 is 0 Å². The summed E-state index contributed by atoms with van der Waals surface area (Å²) in [6.45, 7) is 8.75. The number of hydrogen-bond acceptors (Lipinski definition) is 16. The van der Waals surface area contributed by atoms with Gasteiger partial charge in [0.2, 0.25) is 17.9 Å². The van der Waals surface area contributed by atoms with Crippen LogP contribution in [-0.4, -0.2) is 139 Å². The molecule has 6 heterocycles. The van der Waals surface area contributed by atoms with Crippen LogP contribution >= 0.6 is 34.5 Å². The van der Waals surface area contributed by atoms with Crippen LogP contribution < -0.4 is 23.7 Å². The molecular weight excluding hydrogens is 1000 g/mol. The van der Waals surface area contributed by atoms with Crippen molar-refractivity contribution in [2.75, 3.05) is 80.4 Å². The molecule has 1 aliphatic carbocycles. The molecule has 3 aromatic carbocycles. The van der Waals surface area contributed by atoms with Crippen LogP contribution in [0.1, 0.15) is 30.7 Å². The summed E-state index contributed by atoms with van der Waals surface area (Å²) in [4.78, 5) is 38.0. The minimum absolute atomic E-state index is 0.0217. The average Bonchev–Trinajstić information content (AvgIpc) is 3.78. The third kappa shape index (κ3) is 11.8. The molecule has 4 atom stereocenters. The number of fused-ring (bicyclic) bond motifs is 6. The highest BCUT2D eigenvalue weighted by atomic mass is 35.5. The van der Waals surface area contributed by atoms with Gasteiger partial charge in [-0.1, -0.05) is 42.8 Å². The maximum atomic E-state index is 14.4. The zero-order valence-corrected chi connectivity index (χ0v) is 43.3. The minimum Gasteiger partial charge on any atom is -0.496 e. The molecule has 384 valence electrons. The molecule has 0 radical (unpaired) electrons. The van der Waals surface area contributed by atoms with Gasteiger partial charge in [-0.2, -0.15) is 4.98 Å². The second-order valence-corrected chi connectivity index (χ2v) is 19.6. The van der Waals surface area contributed by atoms with Crippen LogP contribution in [0.15, 0.2) is 95.5 Å². The number of halogens is 3. The van der Waals surface area contributed by atoms with Gasteiger partial charge in [0.25, 0.3) is 6.29 Å². The first-order valence-corrected chi connectivity index (χ1v) is 25.4. The number of aliphatic carboxylic acids is 1. The van der Waals surface area contributed by atoms with Gasteiger partial charge >= 0.3 is 5.97 Å². The largest absolute Gasteiger partial charge is 0.496 e. The van der Waals surface area contributed by atoms with Crippen molar-refractivity contribution >= 4 is 56.3 Å². The van der Waals surface area contributed by atoms with Crippen molar-refractivity contribution in [3.8, 4) is 50.8 Å². The molecule has 1 saturated heterocycles. The van der Waals surface area contributed by atoms with Crippen LogP contribution in [0.3, 0.4) is 0 Å². The highest BCUT2D eigenvalue weighted by Gasteiger charge is 2.39. The lowest BCUT2D eigenvalue weighted by Gasteiger charge is -2.37. The Bertz CT molecular complexity index is 3010. The molecule has 2 unspecified atom stereocenters. The van der Waals surface area contributed by atoms with Gasteiger partial charge < -0.3 is 47.9 Å². The maximum absolute atomic E-state index is 14.4. The number of carboxylic acids is 1. The molecule has 0 amide bonds. The van der Waals surface area contributed by atoms with E-state index in [-0.39, 0.29) is 31.4 Å². The Morgan fingerprint density at radius 2 is 1.70 bits per heavy atom. The number of allylic oxidation sites excluding steroid dienone is 4. The number of thiophene rings is 1. The molecular formula is C53H55Cl2FN6O10S. The summed E-state index contributed by atoms with van der Waals surface area (Å²) in [5, 5.41) is 11.0. The van der Waals surface area contributed by atoms with Gasteiger partial charge in [-0.25, -0.2) is 24.1 Å². The zero-order chi connectivity index (χ0) is 51.2. The fourth-order valence-corrected chi connectivity index (χ4v) is 10.7. The number of para-hydroxylation sites is 1. The van der Waals surface area contributed by atoms with E-state index < -0.39 is 35.5 Å². The monoisotopic (exact) mass is 1060 g/mol. The molecule has 4 bridgehead atoms. The number of carbonyl (C=O) groups is 1. The van der Waals surface area contributed by atoms with Crippen molar-refractivity contribution in [3.63, 3.8) is 0 Å². The van der Waals surface area contributed by atoms with E-state index in [1.165, 1.54) is 29.8 Å².